The molecule has 20 heavy (non-hydrogen) atoms. The van der Waals surface area contributed by atoms with Crippen LogP contribution >= 0.6 is 35.0 Å². The molecule has 0 spiro atoms. The number of Topliss-reactive ketones (excluding diaryl/α,β-unsaturated/α-hetero) is 1. The van der Waals surface area contributed by atoms with Crippen molar-refractivity contribution in [2.45, 2.75) is 5.37 Å². The van der Waals surface area contributed by atoms with Crippen LogP contribution in [0, 0.1) is 0 Å². The van der Waals surface area contributed by atoms with E-state index < -0.39 is 5.37 Å². The molecule has 1 aliphatic heterocycles. The number of halogens is 2. The monoisotopic (exact) mass is 323 g/mol. The number of benzene rings is 1. The Bertz CT molecular complexity index is 702. The first-order valence-corrected chi connectivity index (χ1v) is 7.35. The summed E-state index contributed by atoms with van der Waals surface area (Å²) < 4.78 is 0. The van der Waals surface area contributed by atoms with Gasteiger partial charge in [0.15, 0.2) is 16.9 Å². The zero-order valence-corrected chi connectivity index (χ0v) is 12.3. The molecule has 1 aromatic carbocycles. The molecule has 0 aromatic heterocycles. The lowest BCUT2D eigenvalue weighted by molar-refractivity contribution is -0.110. The van der Waals surface area contributed by atoms with Crippen LogP contribution in [0.1, 0.15) is 10.4 Å². The van der Waals surface area contributed by atoms with E-state index in [-0.39, 0.29) is 11.6 Å². The van der Waals surface area contributed by atoms with Crippen molar-refractivity contribution >= 4 is 52.2 Å². The number of rotatable bonds is 2. The maximum atomic E-state index is 12.4. The topological polar surface area (TPSA) is 46.5 Å². The van der Waals surface area contributed by atoms with Crippen LogP contribution in [-0.4, -0.2) is 22.7 Å². The van der Waals surface area contributed by atoms with Gasteiger partial charge in [0.25, 0.3) is 0 Å². The molecular weight excluding hydrogens is 317 g/mol. The maximum Gasteiger partial charge on any atom is 0.197 e. The standard InChI is InChI=1S/C14H7Cl2NO2S/c15-8-3-7(4-9(16)5-8)13(19)14-17-11-2-1-10(18)6-12(11)20-14/h1-6,14H. The molecule has 0 N–H and O–H groups in total. The predicted octanol–water partition coefficient (Wildman–Crippen LogP) is 3.71. The SMILES string of the molecule is O=C1C=CC2=NC(C(=O)c3cc(Cl)cc(Cl)c3)SC2=C1. The van der Waals surface area contributed by atoms with Gasteiger partial charge in [-0.3, -0.25) is 14.6 Å². The second-order valence-electron chi connectivity index (χ2n) is 4.25. The average molecular weight is 324 g/mol. The fourth-order valence-electron chi connectivity index (χ4n) is 1.92. The van der Waals surface area contributed by atoms with Gasteiger partial charge in [-0.05, 0) is 30.4 Å². The lowest BCUT2D eigenvalue weighted by Gasteiger charge is -2.06. The molecule has 1 atom stereocenters. The highest BCUT2D eigenvalue weighted by atomic mass is 35.5. The zero-order chi connectivity index (χ0) is 14.3. The molecule has 0 radical (unpaired) electrons. The van der Waals surface area contributed by atoms with Crippen LogP contribution in [0.25, 0.3) is 0 Å². The highest BCUT2D eigenvalue weighted by Gasteiger charge is 2.30. The van der Waals surface area contributed by atoms with Crippen molar-refractivity contribution in [3.05, 3.63) is 56.9 Å². The van der Waals surface area contributed by atoms with Crippen molar-refractivity contribution < 1.29 is 9.59 Å². The van der Waals surface area contributed by atoms with Crippen LogP contribution in [-0.2, 0) is 4.79 Å². The predicted molar refractivity (Wildman–Crippen MR) is 81.8 cm³/mol. The molecule has 1 unspecified atom stereocenters. The molecule has 100 valence electrons. The van der Waals surface area contributed by atoms with E-state index >= 15 is 0 Å². The van der Waals surface area contributed by atoms with Gasteiger partial charge in [0.05, 0.1) is 5.71 Å². The normalized spacial score (nSPS) is 20.5. The molecule has 0 saturated heterocycles. The lowest BCUT2D eigenvalue weighted by atomic mass is 10.1. The minimum atomic E-state index is -0.596. The number of ketones is 2. The maximum absolute atomic E-state index is 12.4. The zero-order valence-electron chi connectivity index (χ0n) is 9.97. The van der Waals surface area contributed by atoms with Gasteiger partial charge in [-0.2, -0.15) is 0 Å². The summed E-state index contributed by atoms with van der Waals surface area (Å²) >= 11 is 13.1. The Labute approximate surface area is 129 Å². The lowest BCUT2D eigenvalue weighted by Crippen LogP contribution is -2.12. The van der Waals surface area contributed by atoms with E-state index in [1.54, 1.807) is 24.3 Å². The van der Waals surface area contributed by atoms with Crippen molar-refractivity contribution in [1.82, 2.24) is 0 Å². The van der Waals surface area contributed by atoms with E-state index in [0.717, 1.165) is 4.91 Å². The van der Waals surface area contributed by atoms with Gasteiger partial charge in [0.2, 0.25) is 0 Å². The van der Waals surface area contributed by atoms with Gasteiger partial charge < -0.3 is 0 Å². The van der Waals surface area contributed by atoms with Crippen LogP contribution in [0.2, 0.25) is 10.0 Å². The third kappa shape index (κ3) is 2.59. The minimum absolute atomic E-state index is 0.0923. The number of carbonyl (C=O) groups excluding carboxylic acids is 2. The number of thioether (sulfide) groups is 1. The first-order chi connectivity index (χ1) is 9.52. The van der Waals surface area contributed by atoms with Crippen molar-refractivity contribution in [2.75, 3.05) is 0 Å². The second kappa shape index (κ2) is 5.20. The van der Waals surface area contributed by atoms with Crippen LogP contribution in [0.3, 0.4) is 0 Å². The summed E-state index contributed by atoms with van der Waals surface area (Å²) in [5, 5.41) is 0.216. The summed E-state index contributed by atoms with van der Waals surface area (Å²) in [7, 11) is 0. The number of nitrogens with zero attached hydrogens (tertiary/aromatic N) is 1. The molecular formula is C14H7Cl2NO2S. The summed E-state index contributed by atoms with van der Waals surface area (Å²) in [5.74, 6) is -0.270. The number of aliphatic imine (C=N–C) groups is 1. The summed E-state index contributed by atoms with van der Waals surface area (Å²) in [6.45, 7) is 0. The van der Waals surface area contributed by atoms with Gasteiger partial charge in [-0.15, -0.1) is 0 Å². The molecule has 3 rings (SSSR count). The number of fused-ring (bicyclic) bond motifs is 1. The van der Waals surface area contributed by atoms with Gasteiger partial charge in [0, 0.05) is 26.6 Å². The summed E-state index contributed by atoms with van der Waals surface area (Å²) in [6, 6.07) is 4.69. The molecule has 0 amide bonds. The van der Waals surface area contributed by atoms with E-state index in [1.807, 2.05) is 0 Å². The largest absolute Gasteiger partial charge is 0.291 e. The highest BCUT2D eigenvalue weighted by Crippen LogP contribution is 2.36. The van der Waals surface area contributed by atoms with E-state index in [0.29, 0.717) is 21.3 Å². The van der Waals surface area contributed by atoms with E-state index in [9.17, 15) is 9.59 Å². The van der Waals surface area contributed by atoms with Gasteiger partial charge in [-0.1, -0.05) is 35.0 Å². The van der Waals surface area contributed by atoms with Gasteiger partial charge in [0.1, 0.15) is 0 Å². The number of carbonyl (C=O) groups is 2. The molecule has 0 bridgehead atoms. The fourth-order valence-corrected chi connectivity index (χ4v) is 3.52. The molecule has 1 aliphatic carbocycles. The quantitative estimate of drug-likeness (QED) is 0.615. The van der Waals surface area contributed by atoms with Crippen LogP contribution < -0.4 is 0 Å². The van der Waals surface area contributed by atoms with Crippen LogP contribution in [0.5, 0.6) is 0 Å². The van der Waals surface area contributed by atoms with E-state index in [1.165, 1.54) is 23.9 Å². The molecule has 2 aliphatic rings. The third-order valence-electron chi connectivity index (χ3n) is 2.80. The van der Waals surface area contributed by atoms with E-state index in [4.69, 9.17) is 23.2 Å². The molecule has 1 heterocycles. The summed E-state index contributed by atoms with van der Waals surface area (Å²) in [6.07, 6.45) is 4.55. The Hall–Kier alpha value is -1.36. The van der Waals surface area contributed by atoms with Crippen molar-refractivity contribution in [2.24, 2.45) is 4.99 Å². The Morgan fingerprint density at radius 1 is 1.15 bits per heavy atom. The summed E-state index contributed by atoms with van der Waals surface area (Å²) in [4.78, 5) is 28.7. The Kier molecular flexibility index (Phi) is 3.54. The highest BCUT2D eigenvalue weighted by molar-refractivity contribution is 8.05. The second-order valence-corrected chi connectivity index (χ2v) is 6.25. The number of allylic oxidation sites excluding steroid dienone is 4. The Morgan fingerprint density at radius 2 is 1.85 bits per heavy atom. The molecule has 3 nitrogen and oxygen atoms in total. The van der Waals surface area contributed by atoms with Crippen LogP contribution in [0.15, 0.2) is 46.3 Å². The van der Waals surface area contributed by atoms with Crippen LogP contribution in [0.4, 0.5) is 0 Å². The molecule has 0 saturated carbocycles. The third-order valence-corrected chi connectivity index (χ3v) is 4.36. The smallest absolute Gasteiger partial charge is 0.197 e. The Balaban J connectivity index is 1.90. The molecule has 6 heteroatoms. The van der Waals surface area contributed by atoms with Gasteiger partial charge in [-0.25, -0.2) is 0 Å². The Morgan fingerprint density at radius 3 is 2.55 bits per heavy atom. The van der Waals surface area contributed by atoms with Crippen molar-refractivity contribution in [1.29, 1.82) is 0 Å². The van der Waals surface area contributed by atoms with Crippen molar-refractivity contribution in [3.63, 3.8) is 0 Å². The summed E-state index contributed by atoms with van der Waals surface area (Å²) in [5.41, 5.74) is 1.08. The van der Waals surface area contributed by atoms with Crippen molar-refractivity contribution in [3.8, 4) is 0 Å². The molecule has 1 aromatic rings. The fraction of sp³-hybridized carbons (Fsp3) is 0.0714. The number of hydrogen-bond acceptors (Lipinski definition) is 4. The first-order valence-electron chi connectivity index (χ1n) is 5.72. The van der Waals surface area contributed by atoms with E-state index in [2.05, 4.69) is 4.99 Å². The molecule has 0 fully saturated rings. The first kappa shape index (κ1) is 13.6. The average Bonchev–Trinajstić information content (AvgIpc) is 2.79. The number of hydrogen-bond donors (Lipinski definition) is 0. The minimum Gasteiger partial charge on any atom is -0.291 e. The van der Waals surface area contributed by atoms with Gasteiger partial charge >= 0.3 is 0 Å².